The highest BCUT2D eigenvalue weighted by molar-refractivity contribution is 5.80. The summed E-state index contributed by atoms with van der Waals surface area (Å²) in [4.78, 5) is 25.2. The smallest absolute Gasteiger partial charge is 0.248 e. The predicted molar refractivity (Wildman–Crippen MR) is 76.5 cm³/mol. The lowest BCUT2D eigenvalue weighted by Crippen LogP contribution is -2.45. The Bertz CT molecular complexity index is 326. The third-order valence-corrected chi connectivity index (χ3v) is 3.66. The minimum atomic E-state index is -0.140. The molecule has 3 N–H and O–H groups in total. The van der Waals surface area contributed by atoms with Crippen molar-refractivity contribution in [1.29, 1.82) is 0 Å². The van der Waals surface area contributed by atoms with E-state index in [0.29, 0.717) is 31.8 Å². The van der Waals surface area contributed by atoms with Gasteiger partial charge in [-0.05, 0) is 32.1 Å². The minimum absolute atomic E-state index is 0.00668. The summed E-state index contributed by atoms with van der Waals surface area (Å²) in [6, 6.07) is 0. The van der Waals surface area contributed by atoms with Gasteiger partial charge in [0.25, 0.3) is 0 Å². The number of carbonyl (C=O) groups is 2. The topological polar surface area (TPSA) is 84.7 Å². The molecule has 1 aliphatic rings. The Morgan fingerprint density at radius 3 is 2.40 bits per heavy atom. The number of hydrogen-bond donors (Lipinski definition) is 2. The number of nitrogens with one attached hydrogen (secondary N) is 1. The Hall–Kier alpha value is -1.14. The molecule has 0 bridgehead atoms. The van der Waals surface area contributed by atoms with Gasteiger partial charge in [0, 0.05) is 19.0 Å². The van der Waals surface area contributed by atoms with E-state index in [-0.39, 0.29) is 30.4 Å². The van der Waals surface area contributed by atoms with Crippen molar-refractivity contribution in [2.45, 2.75) is 46.1 Å². The largest absolute Gasteiger partial charge is 0.369 e. The lowest BCUT2D eigenvalue weighted by Gasteiger charge is -2.31. The van der Waals surface area contributed by atoms with Gasteiger partial charge in [-0.3, -0.25) is 15.0 Å². The Kier molecular flexibility index (Phi) is 6.95. The second-order valence-electron chi connectivity index (χ2n) is 5.91. The predicted octanol–water partition coefficient (Wildman–Crippen LogP) is 0.666. The maximum Gasteiger partial charge on any atom is 0.248 e. The van der Waals surface area contributed by atoms with Gasteiger partial charge in [0.15, 0.2) is 0 Å². The second-order valence-corrected chi connectivity index (χ2v) is 5.91. The summed E-state index contributed by atoms with van der Waals surface area (Å²) < 4.78 is 5.57. The Balaban J connectivity index is 2.27. The first-order chi connectivity index (χ1) is 9.43. The monoisotopic (exact) mass is 285 g/mol. The molecule has 0 spiro atoms. The molecule has 20 heavy (non-hydrogen) atoms. The van der Waals surface area contributed by atoms with E-state index < -0.39 is 0 Å². The number of piperidine rings is 1. The molecule has 1 saturated heterocycles. The fourth-order valence-electron chi connectivity index (χ4n) is 2.55. The molecule has 0 radical (unpaired) electrons. The molecule has 1 fully saturated rings. The number of rotatable bonds is 6. The quantitative estimate of drug-likeness (QED) is 0.427. The van der Waals surface area contributed by atoms with Gasteiger partial charge in [0.2, 0.25) is 11.8 Å². The molecule has 0 aliphatic carbocycles. The van der Waals surface area contributed by atoms with Crippen LogP contribution in [0.4, 0.5) is 0 Å². The Morgan fingerprint density at radius 1 is 1.30 bits per heavy atom. The van der Waals surface area contributed by atoms with Gasteiger partial charge in [-0.25, -0.2) is 5.84 Å². The van der Waals surface area contributed by atoms with Gasteiger partial charge in [-0.15, -0.1) is 0 Å². The standard InChI is InChI=1S/C14H27N3O3/c1-10(2)8-11(3)20-9-13(18)17-6-4-12(5-7-17)14(19)16-15/h10-12H,4-9,15H2,1-3H3,(H,16,19). The molecule has 6 heteroatoms. The third kappa shape index (κ3) is 5.46. The van der Waals surface area contributed by atoms with Crippen LogP contribution in [0.5, 0.6) is 0 Å². The summed E-state index contributed by atoms with van der Waals surface area (Å²) in [5.74, 6) is 5.47. The molecular formula is C14H27N3O3. The van der Waals surface area contributed by atoms with Crippen LogP contribution in [0, 0.1) is 11.8 Å². The van der Waals surface area contributed by atoms with Gasteiger partial charge >= 0.3 is 0 Å². The zero-order valence-corrected chi connectivity index (χ0v) is 12.7. The lowest BCUT2D eigenvalue weighted by atomic mass is 9.96. The van der Waals surface area contributed by atoms with Crippen LogP contribution in [0.2, 0.25) is 0 Å². The van der Waals surface area contributed by atoms with Crippen LogP contribution < -0.4 is 11.3 Å². The number of hydrogen-bond acceptors (Lipinski definition) is 4. The van der Waals surface area contributed by atoms with Crippen LogP contribution in [0.25, 0.3) is 0 Å². The molecule has 1 aliphatic heterocycles. The van der Waals surface area contributed by atoms with Crippen molar-refractivity contribution in [2.24, 2.45) is 17.7 Å². The minimum Gasteiger partial charge on any atom is -0.369 e. The van der Waals surface area contributed by atoms with Gasteiger partial charge in [-0.1, -0.05) is 13.8 Å². The highest BCUT2D eigenvalue weighted by atomic mass is 16.5. The van der Waals surface area contributed by atoms with Crippen LogP contribution >= 0.6 is 0 Å². The molecule has 6 nitrogen and oxygen atoms in total. The molecule has 116 valence electrons. The summed E-state index contributed by atoms with van der Waals surface area (Å²) in [5, 5.41) is 0. The molecule has 0 aromatic rings. The average molecular weight is 285 g/mol. The van der Waals surface area contributed by atoms with Crippen LogP contribution in [0.15, 0.2) is 0 Å². The number of carbonyl (C=O) groups excluding carboxylic acids is 2. The second kappa shape index (κ2) is 8.21. The fraction of sp³-hybridized carbons (Fsp3) is 0.857. The van der Waals surface area contributed by atoms with Crippen molar-refractivity contribution in [2.75, 3.05) is 19.7 Å². The lowest BCUT2D eigenvalue weighted by molar-refractivity contribution is -0.141. The summed E-state index contributed by atoms with van der Waals surface area (Å²) >= 11 is 0. The number of hydrazine groups is 1. The number of ether oxygens (including phenoxy) is 1. The van der Waals surface area contributed by atoms with E-state index in [9.17, 15) is 9.59 Å². The normalized spacial score (nSPS) is 18.1. The molecule has 0 aromatic carbocycles. The average Bonchev–Trinajstić information content (AvgIpc) is 2.43. The Labute approximate surface area is 121 Å². The molecule has 1 atom stereocenters. The maximum absolute atomic E-state index is 12.0. The zero-order valence-electron chi connectivity index (χ0n) is 12.7. The molecule has 1 rings (SSSR count). The van der Waals surface area contributed by atoms with E-state index in [1.165, 1.54) is 0 Å². The maximum atomic E-state index is 12.0. The first-order valence-electron chi connectivity index (χ1n) is 7.33. The third-order valence-electron chi connectivity index (χ3n) is 3.66. The van der Waals surface area contributed by atoms with Crippen molar-refractivity contribution in [3.63, 3.8) is 0 Å². The number of likely N-dealkylation sites (tertiary alicyclic amines) is 1. The molecule has 1 unspecified atom stereocenters. The van der Waals surface area contributed by atoms with Gasteiger partial charge in [0.1, 0.15) is 6.61 Å². The van der Waals surface area contributed by atoms with E-state index in [0.717, 1.165) is 6.42 Å². The molecule has 0 saturated carbocycles. The van der Waals surface area contributed by atoms with E-state index in [1.807, 2.05) is 6.92 Å². The fourth-order valence-corrected chi connectivity index (χ4v) is 2.55. The van der Waals surface area contributed by atoms with Gasteiger partial charge < -0.3 is 9.64 Å². The Morgan fingerprint density at radius 2 is 1.90 bits per heavy atom. The highest BCUT2D eigenvalue weighted by Crippen LogP contribution is 2.17. The van der Waals surface area contributed by atoms with Gasteiger partial charge in [-0.2, -0.15) is 0 Å². The highest BCUT2D eigenvalue weighted by Gasteiger charge is 2.27. The summed E-state index contributed by atoms with van der Waals surface area (Å²) in [6.45, 7) is 7.58. The zero-order chi connectivity index (χ0) is 15.1. The van der Waals surface area contributed by atoms with Crippen molar-refractivity contribution in [3.8, 4) is 0 Å². The van der Waals surface area contributed by atoms with Crippen LogP contribution in [-0.2, 0) is 14.3 Å². The van der Waals surface area contributed by atoms with E-state index in [1.54, 1.807) is 4.90 Å². The molecular weight excluding hydrogens is 258 g/mol. The molecule has 0 aromatic heterocycles. The van der Waals surface area contributed by atoms with E-state index in [4.69, 9.17) is 10.6 Å². The van der Waals surface area contributed by atoms with Crippen LogP contribution in [0.1, 0.15) is 40.0 Å². The molecule has 1 heterocycles. The van der Waals surface area contributed by atoms with Crippen LogP contribution in [-0.4, -0.2) is 42.5 Å². The van der Waals surface area contributed by atoms with Crippen molar-refractivity contribution >= 4 is 11.8 Å². The summed E-state index contributed by atoms with van der Waals surface area (Å²) in [7, 11) is 0. The van der Waals surface area contributed by atoms with Gasteiger partial charge in [0.05, 0.1) is 6.10 Å². The number of nitrogens with two attached hydrogens (primary N) is 1. The van der Waals surface area contributed by atoms with Crippen LogP contribution in [0.3, 0.4) is 0 Å². The summed E-state index contributed by atoms with van der Waals surface area (Å²) in [5.41, 5.74) is 2.17. The van der Waals surface area contributed by atoms with Crippen molar-refractivity contribution < 1.29 is 14.3 Å². The van der Waals surface area contributed by atoms with E-state index >= 15 is 0 Å². The molecule has 2 amide bonds. The number of amides is 2. The number of nitrogens with zero attached hydrogens (tertiary/aromatic N) is 1. The SMILES string of the molecule is CC(C)CC(C)OCC(=O)N1CCC(C(=O)NN)CC1. The first-order valence-corrected chi connectivity index (χ1v) is 7.33. The van der Waals surface area contributed by atoms with Crippen molar-refractivity contribution in [3.05, 3.63) is 0 Å². The van der Waals surface area contributed by atoms with E-state index in [2.05, 4.69) is 19.3 Å². The summed E-state index contributed by atoms with van der Waals surface area (Å²) in [6.07, 6.45) is 2.37. The van der Waals surface area contributed by atoms with Crippen molar-refractivity contribution in [1.82, 2.24) is 10.3 Å². The first kappa shape index (κ1) is 16.9.